The first-order valence-corrected chi connectivity index (χ1v) is 9.04. The number of aryl methyl sites for hydroxylation is 1. The number of aliphatic hydroxyl groups is 1. The van der Waals surface area contributed by atoms with Gasteiger partial charge >= 0.3 is 6.18 Å². The second-order valence-corrected chi connectivity index (χ2v) is 7.00. The van der Waals surface area contributed by atoms with Gasteiger partial charge in [-0.3, -0.25) is 0 Å². The lowest BCUT2D eigenvalue weighted by Crippen LogP contribution is -2.32. The smallest absolute Gasteiger partial charge is 0.379 e. The molecule has 0 amide bonds. The summed E-state index contributed by atoms with van der Waals surface area (Å²) in [5.41, 5.74) is 6.57. The average molecular weight is 417 g/mol. The van der Waals surface area contributed by atoms with E-state index in [4.69, 9.17) is 22.1 Å². The number of nitrogens with zero attached hydrogens (tertiary/aromatic N) is 3. The Balaban J connectivity index is 2.05. The first-order chi connectivity index (χ1) is 13.2. The van der Waals surface area contributed by atoms with Crippen LogP contribution in [0.2, 0.25) is 5.02 Å². The van der Waals surface area contributed by atoms with Crippen LogP contribution < -0.4 is 10.6 Å². The lowest BCUT2D eigenvalue weighted by molar-refractivity contribution is -0.206. The van der Waals surface area contributed by atoms with Gasteiger partial charge in [-0.15, -0.1) is 0 Å². The number of hydrogen-bond acceptors (Lipinski definition) is 6. The van der Waals surface area contributed by atoms with Gasteiger partial charge in [0.05, 0.1) is 12.6 Å². The average Bonchev–Trinajstić information content (AvgIpc) is 2.86. The molecule has 3 N–H and O–H groups in total. The zero-order valence-electron chi connectivity index (χ0n) is 15.1. The van der Waals surface area contributed by atoms with E-state index in [1.807, 2.05) is 4.90 Å². The van der Waals surface area contributed by atoms with Crippen molar-refractivity contribution in [3.63, 3.8) is 0 Å². The maximum Gasteiger partial charge on any atom is 0.418 e. The number of nitrogens with two attached hydrogens (primary N) is 1. The van der Waals surface area contributed by atoms with Crippen LogP contribution >= 0.6 is 11.6 Å². The maximum absolute atomic E-state index is 13.0. The first-order valence-electron chi connectivity index (χ1n) is 8.66. The van der Waals surface area contributed by atoms with Crippen molar-refractivity contribution in [2.75, 3.05) is 30.4 Å². The van der Waals surface area contributed by atoms with Crippen LogP contribution in [0.5, 0.6) is 0 Å². The number of hydrogen-bond donors (Lipinski definition) is 2. The van der Waals surface area contributed by atoms with E-state index in [1.54, 1.807) is 13.0 Å². The van der Waals surface area contributed by atoms with Gasteiger partial charge in [-0.2, -0.15) is 18.2 Å². The summed E-state index contributed by atoms with van der Waals surface area (Å²) in [6, 6.07) is 5.04. The minimum absolute atomic E-state index is 0.103. The van der Waals surface area contributed by atoms with E-state index in [2.05, 4.69) is 9.97 Å². The quantitative estimate of drug-likeness (QED) is 0.795. The molecule has 1 aromatic carbocycles. The summed E-state index contributed by atoms with van der Waals surface area (Å²) in [6.45, 7) is 3.02. The van der Waals surface area contributed by atoms with Crippen molar-refractivity contribution in [2.45, 2.75) is 31.7 Å². The van der Waals surface area contributed by atoms with Gasteiger partial charge in [0.1, 0.15) is 5.82 Å². The van der Waals surface area contributed by atoms with Crippen LogP contribution in [0.1, 0.15) is 35.4 Å². The second-order valence-electron chi connectivity index (χ2n) is 6.59. The Morgan fingerprint density at radius 2 is 2.07 bits per heavy atom. The predicted molar refractivity (Wildman–Crippen MR) is 99.2 cm³/mol. The molecule has 1 aromatic heterocycles. The number of nitrogen functional groups attached to an aromatic ring is 1. The molecule has 1 aliphatic rings. The highest BCUT2D eigenvalue weighted by atomic mass is 35.5. The fourth-order valence-corrected chi connectivity index (χ4v) is 3.45. The fourth-order valence-electron chi connectivity index (χ4n) is 3.21. The van der Waals surface area contributed by atoms with Crippen LogP contribution in [0.15, 0.2) is 24.3 Å². The molecule has 0 aliphatic carbocycles. The lowest BCUT2D eigenvalue weighted by Gasteiger charge is -2.32. The third kappa shape index (κ3) is 4.48. The third-order valence-corrected chi connectivity index (χ3v) is 4.84. The van der Waals surface area contributed by atoms with Crippen molar-refractivity contribution in [3.05, 3.63) is 46.1 Å². The first kappa shape index (κ1) is 20.6. The Labute approximate surface area is 165 Å². The topological polar surface area (TPSA) is 84.5 Å². The number of alkyl halides is 3. The molecule has 2 atom stereocenters. The van der Waals surface area contributed by atoms with E-state index in [0.717, 1.165) is 0 Å². The SMILES string of the molecule is Cc1cc(N2CCCOC[C@H]2c2cc([C@@H](O)C(F)(F)F)ccc2Cl)nc(N)n1. The fraction of sp³-hybridized carbons (Fsp3) is 0.444. The minimum atomic E-state index is -4.77. The molecule has 0 bridgehead atoms. The van der Waals surface area contributed by atoms with E-state index in [-0.39, 0.29) is 23.1 Å². The van der Waals surface area contributed by atoms with Crippen molar-refractivity contribution < 1.29 is 23.0 Å². The van der Waals surface area contributed by atoms with E-state index >= 15 is 0 Å². The minimum Gasteiger partial charge on any atom is -0.379 e. The Hall–Kier alpha value is -2.10. The summed E-state index contributed by atoms with van der Waals surface area (Å²) in [7, 11) is 0. The van der Waals surface area contributed by atoms with Crippen LogP contribution in [0.3, 0.4) is 0 Å². The Kier molecular flexibility index (Phi) is 5.97. The van der Waals surface area contributed by atoms with Gasteiger partial charge in [-0.1, -0.05) is 17.7 Å². The van der Waals surface area contributed by atoms with Gasteiger partial charge in [0.15, 0.2) is 6.10 Å². The van der Waals surface area contributed by atoms with E-state index < -0.39 is 18.3 Å². The predicted octanol–water partition coefficient (Wildman–Crippen LogP) is 3.58. The normalized spacial score (nSPS) is 19.4. The molecule has 1 aliphatic heterocycles. The molecule has 0 radical (unpaired) electrons. The highest BCUT2D eigenvalue weighted by molar-refractivity contribution is 6.31. The Morgan fingerprint density at radius 1 is 1.32 bits per heavy atom. The maximum atomic E-state index is 13.0. The molecule has 1 saturated heterocycles. The van der Waals surface area contributed by atoms with Gasteiger partial charge in [-0.05, 0) is 36.6 Å². The van der Waals surface area contributed by atoms with Crippen molar-refractivity contribution in [3.8, 4) is 0 Å². The van der Waals surface area contributed by atoms with Crippen LogP contribution in [0.25, 0.3) is 0 Å². The van der Waals surface area contributed by atoms with Crippen molar-refractivity contribution in [1.82, 2.24) is 9.97 Å². The zero-order chi connectivity index (χ0) is 20.5. The molecule has 2 heterocycles. The number of ether oxygens (including phenoxy) is 1. The molecule has 0 saturated carbocycles. The second kappa shape index (κ2) is 8.10. The van der Waals surface area contributed by atoms with E-state index in [1.165, 1.54) is 18.2 Å². The molecule has 28 heavy (non-hydrogen) atoms. The monoisotopic (exact) mass is 416 g/mol. The third-order valence-electron chi connectivity index (χ3n) is 4.50. The van der Waals surface area contributed by atoms with E-state index in [9.17, 15) is 18.3 Å². The number of halogens is 4. The highest BCUT2D eigenvalue weighted by Gasteiger charge is 2.40. The summed E-state index contributed by atoms with van der Waals surface area (Å²) in [5, 5.41) is 9.91. The van der Waals surface area contributed by atoms with Gasteiger partial charge in [-0.25, -0.2) is 4.98 Å². The zero-order valence-corrected chi connectivity index (χ0v) is 15.8. The molecule has 0 spiro atoms. The van der Waals surface area contributed by atoms with Crippen LogP contribution in [0, 0.1) is 6.92 Å². The Morgan fingerprint density at radius 3 is 2.75 bits per heavy atom. The molecule has 0 unspecified atom stereocenters. The molecule has 3 rings (SSSR count). The molecular weight excluding hydrogens is 397 g/mol. The van der Waals surface area contributed by atoms with Gasteiger partial charge in [0, 0.05) is 29.9 Å². The number of benzene rings is 1. The van der Waals surface area contributed by atoms with Crippen LogP contribution in [0.4, 0.5) is 24.9 Å². The largest absolute Gasteiger partial charge is 0.418 e. The molecule has 152 valence electrons. The highest BCUT2D eigenvalue weighted by Crippen LogP contribution is 2.38. The number of anilines is 2. The molecule has 1 fully saturated rings. The summed E-state index contributed by atoms with van der Waals surface area (Å²) >= 11 is 6.31. The number of aliphatic hydroxyl groups excluding tert-OH is 1. The van der Waals surface area contributed by atoms with Crippen molar-refractivity contribution in [2.24, 2.45) is 0 Å². The lowest BCUT2D eigenvalue weighted by atomic mass is 9.99. The van der Waals surface area contributed by atoms with Gasteiger partial charge in [0.25, 0.3) is 0 Å². The van der Waals surface area contributed by atoms with Gasteiger partial charge < -0.3 is 20.5 Å². The number of rotatable bonds is 3. The van der Waals surface area contributed by atoms with Crippen LogP contribution in [-0.2, 0) is 4.74 Å². The van der Waals surface area contributed by atoms with Gasteiger partial charge in [0.2, 0.25) is 5.95 Å². The standard InChI is InChI=1S/C18H20ClF3N4O2/c1-10-7-15(25-17(23)24-10)26-5-2-6-28-9-14(26)12-8-11(3-4-13(12)19)16(27)18(20,21)22/h3-4,7-8,14,16,27H,2,5-6,9H2,1H3,(H2,23,24,25)/t14-,16+/m0/s1. The van der Waals surface area contributed by atoms with Crippen LogP contribution in [-0.4, -0.2) is 41.0 Å². The Bertz CT molecular complexity index is 830. The van der Waals surface area contributed by atoms with Crippen molar-refractivity contribution in [1.29, 1.82) is 0 Å². The molecule has 10 heteroatoms. The summed E-state index contributed by atoms with van der Waals surface area (Å²) in [4.78, 5) is 10.2. The number of aromatic nitrogens is 2. The summed E-state index contributed by atoms with van der Waals surface area (Å²) in [5.74, 6) is 0.643. The molecular formula is C18H20ClF3N4O2. The molecule has 2 aromatic rings. The van der Waals surface area contributed by atoms with E-state index in [0.29, 0.717) is 36.6 Å². The summed E-state index contributed by atoms with van der Waals surface area (Å²) in [6.07, 6.45) is -6.68. The van der Waals surface area contributed by atoms with Crippen molar-refractivity contribution >= 4 is 23.4 Å². The summed E-state index contributed by atoms with van der Waals surface area (Å²) < 4.78 is 44.5. The molecule has 6 nitrogen and oxygen atoms in total.